The molecule has 0 aromatic heterocycles. The summed E-state index contributed by atoms with van der Waals surface area (Å²) in [5.41, 5.74) is 1.13. The van der Waals surface area contributed by atoms with E-state index in [4.69, 9.17) is 4.74 Å². The van der Waals surface area contributed by atoms with Crippen LogP contribution in [0.2, 0.25) is 0 Å². The predicted octanol–water partition coefficient (Wildman–Crippen LogP) is 3.21. The number of nitrogens with zero attached hydrogens (tertiary/aromatic N) is 1. The second-order valence-corrected chi connectivity index (χ2v) is 5.86. The second kappa shape index (κ2) is 6.43. The van der Waals surface area contributed by atoms with Gasteiger partial charge in [0, 0.05) is 24.8 Å². The average Bonchev–Trinajstić information content (AvgIpc) is 2.38. The summed E-state index contributed by atoms with van der Waals surface area (Å²) < 4.78 is 6.29. The lowest BCUT2D eigenvalue weighted by Crippen LogP contribution is -2.35. The lowest BCUT2D eigenvalue weighted by Gasteiger charge is -2.30. The summed E-state index contributed by atoms with van der Waals surface area (Å²) in [7, 11) is 3.90. The van der Waals surface area contributed by atoms with Gasteiger partial charge < -0.3 is 15.0 Å². The number of ether oxygens (including phenoxy) is 1. The van der Waals surface area contributed by atoms with E-state index in [1.165, 1.54) is 25.9 Å². The third-order valence-corrected chi connectivity index (χ3v) is 4.12. The summed E-state index contributed by atoms with van der Waals surface area (Å²) >= 11 is 3.47. The molecule has 0 bridgehead atoms. The molecule has 18 heavy (non-hydrogen) atoms. The van der Waals surface area contributed by atoms with Crippen molar-refractivity contribution in [3.63, 3.8) is 0 Å². The first-order chi connectivity index (χ1) is 8.69. The smallest absolute Gasteiger partial charge is 0.135 e. The second-order valence-electron chi connectivity index (χ2n) is 5.00. The maximum absolute atomic E-state index is 5.30. The molecule has 1 fully saturated rings. The van der Waals surface area contributed by atoms with Gasteiger partial charge in [0.15, 0.2) is 0 Å². The minimum Gasteiger partial charge on any atom is -0.495 e. The third-order valence-electron chi connectivity index (χ3n) is 3.47. The van der Waals surface area contributed by atoms with E-state index in [1.54, 1.807) is 7.11 Å². The maximum Gasteiger partial charge on any atom is 0.135 e. The van der Waals surface area contributed by atoms with Crippen LogP contribution in [0.5, 0.6) is 5.75 Å². The molecule has 1 aliphatic heterocycles. The molecule has 3 nitrogen and oxygen atoms in total. The predicted molar refractivity (Wildman–Crippen MR) is 79.4 cm³/mol. The van der Waals surface area contributed by atoms with E-state index >= 15 is 0 Å². The van der Waals surface area contributed by atoms with E-state index in [1.807, 2.05) is 12.1 Å². The first-order valence-corrected chi connectivity index (χ1v) is 7.24. The highest BCUT2D eigenvalue weighted by Crippen LogP contribution is 2.28. The third kappa shape index (κ3) is 3.62. The summed E-state index contributed by atoms with van der Waals surface area (Å²) in [5.74, 6) is 1.62. The Labute approximate surface area is 118 Å². The van der Waals surface area contributed by atoms with Crippen molar-refractivity contribution < 1.29 is 4.74 Å². The molecule has 1 aromatic carbocycles. The van der Waals surface area contributed by atoms with Crippen LogP contribution >= 0.6 is 15.9 Å². The Bertz CT molecular complexity index is 397. The molecule has 1 saturated heterocycles. The number of halogens is 1. The molecule has 0 amide bonds. The van der Waals surface area contributed by atoms with Crippen LogP contribution in [0.15, 0.2) is 22.7 Å². The standard InChI is InChI=1S/C14H21BrN2O/c1-17-7-3-4-11(10-17)9-16-12-5-6-13(15)14(8-12)18-2/h5-6,8,11,16H,3-4,7,9-10H2,1-2H3. The summed E-state index contributed by atoms with van der Waals surface area (Å²) in [6.07, 6.45) is 2.64. The van der Waals surface area contributed by atoms with Crippen LogP contribution in [0.25, 0.3) is 0 Å². The van der Waals surface area contributed by atoms with Crippen molar-refractivity contribution in [2.75, 3.05) is 39.1 Å². The lowest BCUT2D eigenvalue weighted by atomic mass is 9.98. The molecule has 1 N–H and O–H groups in total. The van der Waals surface area contributed by atoms with Crippen LogP contribution in [0.3, 0.4) is 0 Å². The van der Waals surface area contributed by atoms with E-state index in [9.17, 15) is 0 Å². The highest BCUT2D eigenvalue weighted by Gasteiger charge is 2.16. The van der Waals surface area contributed by atoms with Crippen molar-refractivity contribution >= 4 is 21.6 Å². The summed E-state index contributed by atoms with van der Waals surface area (Å²) in [6.45, 7) is 3.47. The molecule has 1 unspecified atom stereocenters. The number of benzene rings is 1. The Hall–Kier alpha value is -0.740. The first kappa shape index (κ1) is 13.7. The summed E-state index contributed by atoms with van der Waals surface area (Å²) in [6, 6.07) is 6.14. The highest BCUT2D eigenvalue weighted by atomic mass is 79.9. The summed E-state index contributed by atoms with van der Waals surface area (Å²) in [4.78, 5) is 2.41. The molecule has 4 heteroatoms. The van der Waals surface area contributed by atoms with Gasteiger partial charge in [-0.05, 0) is 60.4 Å². The van der Waals surface area contributed by atoms with Crippen molar-refractivity contribution in [1.82, 2.24) is 4.90 Å². The Morgan fingerprint density at radius 1 is 1.50 bits per heavy atom. The zero-order valence-electron chi connectivity index (χ0n) is 11.1. The average molecular weight is 313 g/mol. The van der Waals surface area contributed by atoms with Gasteiger partial charge in [0.05, 0.1) is 11.6 Å². The molecule has 0 saturated carbocycles. The Kier molecular flexibility index (Phi) is 4.89. The Morgan fingerprint density at radius 2 is 2.33 bits per heavy atom. The van der Waals surface area contributed by atoms with Gasteiger partial charge >= 0.3 is 0 Å². The van der Waals surface area contributed by atoms with Crippen LogP contribution < -0.4 is 10.1 Å². The van der Waals surface area contributed by atoms with Crippen molar-refractivity contribution in [3.8, 4) is 5.75 Å². The Balaban J connectivity index is 1.89. The molecule has 0 radical (unpaired) electrons. The van der Waals surface area contributed by atoms with Crippen LogP contribution in [0.4, 0.5) is 5.69 Å². The van der Waals surface area contributed by atoms with Crippen molar-refractivity contribution in [3.05, 3.63) is 22.7 Å². The van der Waals surface area contributed by atoms with Crippen LogP contribution in [0.1, 0.15) is 12.8 Å². The maximum atomic E-state index is 5.30. The molecule has 2 rings (SSSR count). The minimum absolute atomic E-state index is 0.749. The number of likely N-dealkylation sites (tertiary alicyclic amines) is 1. The highest BCUT2D eigenvalue weighted by molar-refractivity contribution is 9.10. The topological polar surface area (TPSA) is 24.5 Å². The van der Waals surface area contributed by atoms with Gasteiger partial charge in [-0.3, -0.25) is 0 Å². The SMILES string of the molecule is COc1cc(NCC2CCCN(C)C2)ccc1Br. The minimum atomic E-state index is 0.749. The zero-order chi connectivity index (χ0) is 13.0. The zero-order valence-corrected chi connectivity index (χ0v) is 12.7. The fourth-order valence-corrected chi connectivity index (χ4v) is 2.88. The normalized spacial score (nSPS) is 20.7. The molecular formula is C14H21BrN2O. The van der Waals surface area contributed by atoms with Gasteiger partial charge in [0.25, 0.3) is 0 Å². The molecular weight excluding hydrogens is 292 g/mol. The Morgan fingerprint density at radius 3 is 3.06 bits per heavy atom. The summed E-state index contributed by atoms with van der Waals surface area (Å²) in [5, 5.41) is 3.51. The van der Waals surface area contributed by atoms with E-state index in [0.717, 1.165) is 28.4 Å². The number of hydrogen-bond acceptors (Lipinski definition) is 3. The van der Waals surface area contributed by atoms with E-state index in [-0.39, 0.29) is 0 Å². The number of hydrogen-bond donors (Lipinski definition) is 1. The quantitative estimate of drug-likeness (QED) is 0.924. The number of rotatable bonds is 4. The number of nitrogens with one attached hydrogen (secondary N) is 1. The van der Waals surface area contributed by atoms with Crippen molar-refractivity contribution in [2.24, 2.45) is 5.92 Å². The number of methoxy groups -OCH3 is 1. The van der Waals surface area contributed by atoms with Gasteiger partial charge in [-0.25, -0.2) is 0 Å². The van der Waals surface area contributed by atoms with Gasteiger partial charge in [-0.2, -0.15) is 0 Å². The van der Waals surface area contributed by atoms with Crippen LogP contribution in [-0.4, -0.2) is 38.7 Å². The van der Waals surface area contributed by atoms with Gasteiger partial charge in [-0.15, -0.1) is 0 Å². The van der Waals surface area contributed by atoms with E-state index in [0.29, 0.717) is 0 Å². The fourth-order valence-electron chi connectivity index (χ4n) is 2.47. The van der Waals surface area contributed by atoms with Crippen LogP contribution in [0, 0.1) is 5.92 Å². The van der Waals surface area contributed by atoms with Crippen LogP contribution in [-0.2, 0) is 0 Å². The first-order valence-electron chi connectivity index (χ1n) is 6.45. The molecule has 0 spiro atoms. The number of anilines is 1. The molecule has 1 heterocycles. The van der Waals surface area contributed by atoms with Gasteiger partial charge in [-0.1, -0.05) is 0 Å². The molecule has 100 valence electrons. The lowest BCUT2D eigenvalue weighted by molar-refractivity contribution is 0.217. The van der Waals surface area contributed by atoms with Gasteiger partial charge in [0.1, 0.15) is 5.75 Å². The van der Waals surface area contributed by atoms with E-state index < -0.39 is 0 Å². The van der Waals surface area contributed by atoms with E-state index in [2.05, 4.69) is 39.3 Å². The van der Waals surface area contributed by atoms with Crippen molar-refractivity contribution in [2.45, 2.75) is 12.8 Å². The van der Waals surface area contributed by atoms with Crippen molar-refractivity contribution in [1.29, 1.82) is 0 Å². The molecule has 1 aromatic rings. The fraction of sp³-hybridized carbons (Fsp3) is 0.571. The molecule has 1 atom stereocenters. The van der Waals surface area contributed by atoms with Gasteiger partial charge in [0.2, 0.25) is 0 Å². The largest absolute Gasteiger partial charge is 0.495 e. The molecule has 1 aliphatic rings. The number of piperidine rings is 1. The molecule has 0 aliphatic carbocycles. The monoisotopic (exact) mass is 312 g/mol.